The number of nitrogens with zero attached hydrogens (tertiary/aromatic N) is 1. The fraction of sp³-hybridized carbons (Fsp3) is 0.214. The SMILES string of the molecule is Cc1ccc(NCc2cccc(CCl)c2)nc1. The molecule has 2 aromatic rings. The van der Waals surface area contributed by atoms with E-state index >= 15 is 0 Å². The van der Waals surface area contributed by atoms with Crippen molar-refractivity contribution in [1.29, 1.82) is 0 Å². The van der Waals surface area contributed by atoms with Gasteiger partial charge in [-0.05, 0) is 29.7 Å². The molecule has 0 aliphatic rings. The number of anilines is 1. The van der Waals surface area contributed by atoms with Crippen LogP contribution in [-0.4, -0.2) is 4.98 Å². The first-order chi connectivity index (χ1) is 8.28. The molecule has 0 saturated carbocycles. The molecular weight excluding hydrogens is 232 g/mol. The molecule has 2 nitrogen and oxygen atoms in total. The number of nitrogens with one attached hydrogen (secondary N) is 1. The summed E-state index contributed by atoms with van der Waals surface area (Å²) in [6.45, 7) is 2.79. The van der Waals surface area contributed by atoms with Crippen molar-refractivity contribution >= 4 is 17.4 Å². The highest BCUT2D eigenvalue weighted by atomic mass is 35.5. The highest BCUT2D eigenvalue weighted by Crippen LogP contribution is 2.10. The van der Waals surface area contributed by atoms with Gasteiger partial charge in [0.2, 0.25) is 0 Å². The summed E-state index contributed by atoms with van der Waals surface area (Å²) in [5.41, 5.74) is 3.52. The highest BCUT2D eigenvalue weighted by Gasteiger charge is 1.96. The molecule has 1 aromatic carbocycles. The van der Waals surface area contributed by atoms with E-state index in [4.69, 9.17) is 11.6 Å². The molecule has 0 aliphatic carbocycles. The van der Waals surface area contributed by atoms with E-state index in [-0.39, 0.29) is 0 Å². The fourth-order valence-corrected chi connectivity index (χ4v) is 1.75. The van der Waals surface area contributed by atoms with Crippen LogP contribution in [-0.2, 0) is 12.4 Å². The van der Waals surface area contributed by atoms with Gasteiger partial charge in [-0.25, -0.2) is 4.98 Å². The van der Waals surface area contributed by atoms with Crippen molar-refractivity contribution < 1.29 is 0 Å². The lowest BCUT2D eigenvalue weighted by Crippen LogP contribution is -2.01. The molecule has 1 N–H and O–H groups in total. The predicted molar refractivity (Wildman–Crippen MR) is 72.3 cm³/mol. The molecule has 0 spiro atoms. The van der Waals surface area contributed by atoms with Crippen molar-refractivity contribution in [3.05, 3.63) is 59.3 Å². The van der Waals surface area contributed by atoms with Crippen LogP contribution >= 0.6 is 11.6 Å². The Labute approximate surface area is 107 Å². The number of halogens is 1. The Morgan fingerprint density at radius 3 is 2.71 bits per heavy atom. The zero-order valence-electron chi connectivity index (χ0n) is 9.78. The lowest BCUT2D eigenvalue weighted by atomic mass is 10.1. The third-order valence-corrected chi connectivity index (χ3v) is 2.84. The molecule has 0 aliphatic heterocycles. The molecular formula is C14H15ClN2. The molecule has 3 heteroatoms. The minimum atomic E-state index is 0.552. The zero-order chi connectivity index (χ0) is 12.1. The minimum absolute atomic E-state index is 0.552. The Morgan fingerprint density at radius 2 is 2.00 bits per heavy atom. The second-order valence-electron chi connectivity index (χ2n) is 4.03. The van der Waals surface area contributed by atoms with E-state index in [0.29, 0.717) is 5.88 Å². The smallest absolute Gasteiger partial charge is 0.126 e. The number of hydrogen-bond donors (Lipinski definition) is 1. The van der Waals surface area contributed by atoms with E-state index in [9.17, 15) is 0 Å². The van der Waals surface area contributed by atoms with Crippen LogP contribution in [0.5, 0.6) is 0 Å². The molecule has 1 aromatic heterocycles. The third-order valence-electron chi connectivity index (χ3n) is 2.53. The van der Waals surface area contributed by atoms with Crippen LogP contribution in [0.15, 0.2) is 42.6 Å². The summed E-state index contributed by atoms with van der Waals surface area (Å²) >= 11 is 5.80. The van der Waals surface area contributed by atoms with Gasteiger partial charge < -0.3 is 5.32 Å². The molecule has 0 amide bonds. The maximum Gasteiger partial charge on any atom is 0.126 e. The molecule has 0 radical (unpaired) electrons. The van der Waals surface area contributed by atoms with Crippen LogP contribution in [0.1, 0.15) is 16.7 Å². The number of benzene rings is 1. The normalized spacial score (nSPS) is 10.2. The van der Waals surface area contributed by atoms with Crippen molar-refractivity contribution in [3.63, 3.8) is 0 Å². The van der Waals surface area contributed by atoms with Crippen molar-refractivity contribution in [1.82, 2.24) is 4.98 Å². The summed E-state index contributed by atoms with van der Waals surface area (Å²) < 4.78 is 0. The van der Waals surface area contributed by atoms with Crippen LogP contribution in [0.25, 0.3) is 0 Å². The van der Waals surface area contributed by atoms with Gasteiger partial charge in [0, 0.05) is 18.6 Å². The van der Waals surface area contributed by atoms with Gasteiger partial charge in [0.1, 0.15) is 5.82 Å². The average molecular weight is 247 g/mol. The van der Waals surface area contributed by atoms with E-state index in [2.05, 4.69) is 22.4 Å². The Hall–Kier alpha value is -1.54. The van der Waals surface area contributed by atoms with Gasteiger partial charge >= 0.3 is 0 Å². The predicted octanol–water partition coefficient (Wildman–Crippen LogP) is 3.74. The Balaban J connectivity index is 1.99. The molecule has 88 valence electrons. The number of rotatable bonds is 4. The van der Waals surface area contributed by atoms with Gasteiger partial charge in [-0.1, -0.05) is 30.3 Å². The number of alkyl halides is 1. The summed E-state index contributed by atoms with van der Waals surface area (Å²) in [6.07, 6.45) is 1.86. The summed E-state index contributed by atoms with van der Waals surface area (Å²) in [7, 11) is 0. The number of aryl methyl sites for hydroxylation is 1. The Bertz CT molecular complexity index is 480. The number of hydrogen-bond acceptors (Lipinski definition) is 2. The van der Waals surface area contributed by atoms with Crippen LogP contribution in [0.3, 0.4) is 0 Å². The largest absolute Gasteiger partial charge is 0.366 e. The second-order valence-corrected chi connectivity index (χ2v) is 4.30. The summed E-state index contributed by atoms with van der Waals surface area (Å²) in [5, 5.41) is 3.29. The lowest BCUT2D eigenvalue weighted by molar-refractivity contribution is 1.10. The first kappa shape index (κ1) is 11.9. The number of pyridine rings is 1. The molecule has 17 heavy (non-hydrogen) atoms. The van der Waals surface area contributed by atoms with E-state index < -0.39 is 0 Å². The van der Waals surface area contributed by atoms with E-state index in [1.54, 1.807) is 0 Å². The first-order valence-corrected chi connectivity index (χ1v) is 6.11. The van der Waals surface area contributed by atoms with Gasteiger partial charge in [0.15, 0.2) is 0 Å². The molecule has 0 bridgehead atoms. The van der Waals surface area contributed by atoms with Gasteiger partial charge in [0.05, 0.1) is 0 Å². The second kappa shape index (κ2) is 5.69. The van der Waals surface area contributed by atoms with Crippen molar-refractivity contribution in [2.24, 2.45) is 0 Å². The monoisotopic (exact) mass is 246 g/mol. The zero-order valence-corrected chi connectivity index (χ0v) is 10.5. The van der Waals surface area contributed by atoms with Crippen molar-refractivity contribution in [2.45, 2.75) is 19.3 Å². The van der Waals surface area contributed by atoms with E-state index in [0.717, 1.165) is 17.9 Å². The van der Waals surface area contributed by atoms with Crippen LogP contribution in [0.2, 0.25) is 0 Å². The maximum atomic E-state index is 5.80. The Kier molecular flexibility index (Phi) is 3.99. The minimum Gasteiger partial charge on any atom is -0.366 e. The topological polar surface area (TPSA) is 24.9 Å². The van der Waals surface area contributed by atoms with Gasteiger partial charge in [-0.2, -0.15) is 0 Å². The molecule has 0 saturated heterocycles. The van der Waals surface area contributed by atoms with Crippen molar-refractivity contribution in [2.75, 3.05) is 5.32 Å². The fourth-order valence-electron chi connectivity index (χ4n) is 1.59. The summed E-state index contributed by atoms with van der Waals surface area (Å²) in [5.74, 6) is 1.45. The summed E-state index contributed by atoms with van der Waals surface area (Å²) in [4.78, 5) is 4.30. The first-order valence-electron chi connectivity index (χ1n) is 5.58. The molecule has 2 rings (SSSR count). The van der Waals surface area contributed by atoms with Crippen LogP contribution < -0.4 is 5.32 Å². The van der Waals surface area contributed by atoms with Gasteiger partial charge in [0.25, 0.3) is 0 Å². The number of aromatic nitrogens is 1. The highest BCUT2D eigenvalue weighted by molar-refractivity contribution is 6.17. The third kappa shape index (κ3) is 3.46. The standard InChI is InChI=1S/C14H15ClN2/c1-11-5-6-14(16-9-11)17-10-13-4-2-3-12(7-13)8-15/h2-7,9H,8,10H2,1H3,(H,16,17). The quantitative estimate of drug-likeness (QED) is 0.832. The average Bonchev–Trinajstić information content (AvgIpc) is 2.38. The summed E-state index contributed by atoms with van der Waals surface area (Å²) in [6, 6.07) is 12.3. The molecule has 1 heterocycles. The molecule has 0 atom stereocenters. The van der Waals surface area contributed by atoms with E-state index in [1.807, 2.05) is 37.4 Å². The molecule has 0 fully saturated rings. The Morgan fingerprint density at radius 1 is 1.18 bits per heavy atom. The van der Waals surface area contributed by atoms with E-state index in [1.165, 1.54) is 11.1 Å². The molecule has 0 unspecified atom stereocenters. The van der Waals surface area contributed by atoms with Gasteiger partial charge in [-0.3, -0.25) is 0 Å². The van der Waals surface area contributed by atoms with Crippen LogP contribution in [0, 0.1) is 6.92 Å². The van der Waals surface area contributed by atoms with Crippen LogP contribution in [0.4, 0.5) is 5.82 Å². The maximum absolute atomic E-state index is 5.80. The lowest BCUT2D eigenvalue weighted by Gasteiger charge is -2.06. The van der Waals surface area contributed by atoms with Crippen molar-refractivity contribution in [3.8, 4) is 0 Å². The van der Waals surface area contributed by atoms with Gasteiger partial charge in [-0.15, -0.1) is 11.6 Å².